The molecule has 0 unspecified atom stereocenters. The first-order valence-corrected chi connectivity index (χ1v) is 8.84. The largest absolute Gasteiger partial charge is 0.484 e. The molecular weight excluding hydrogens is 344 g/mol. The molecule has 0 fully saturated rings. The van der Waals surface area contributed by atoms with Gasteiger partial charge < -0.3 is 9.47 Å². The Hall–Kier alpha value is -2.86. The van der Waals surface area contributed by atoms with Crippen molar-refractivity contribution in [1.82, 2.24) is 10.9 Å². The summed E-state index contributed by atoms with van der Waals surface area (Å²) in [4.78, 5) is 23.9. The number of ether oxygens (including phenoxy) is 2. The molecule has 27 heavy (non-hydrogen) atoms. The van der Waals surface area contributed by atoms with Gasteiger partial charge in [0.1, 0.15) is 5.75 Å². The fourth-order valence-electron chi connectivity index (χ4n) is 2.42. The Bertz CT molecular complexity index is 765. The second kappa shape index (κ2) is 9.73. The van der Waals surface area contributed by atoms with Crippen molar-refractivity contribution < 1.29 is 19.1 Å². The molecule has 2 aromatic carbocycles. The number of hydrogen-bond acceptors (Lipinski definition) is 4. The van der Waals surface area contributed by atoms with Crippen LogP contribution in [0.1, 0.15) is 40.9 Å². The van der Waals surface area contributed by atoms with E-state index in [9.17, 15) is 9.59 Å². The number of carbonyl (C=O) groups is 2. The summed E-state index contributed by atoms with van der Waals surface area (Å²) in [6, 6.07) is 12.7. The van der Waals surface area contributed by atoms with E-state index < -0.39 is 11.8 Å². The topological polar surface area (TPSA) is 76.7 Å². The zero-order valence-electron chi connectivity index (χ0n) is 16.2. The molecule has 0 saturated heterocycles. The normalized spacial score (nSPS) is 10.6. The van der Waals surface area contributed by atoms with Gasteiger partial charge in [-0.15, -0.1) is 0 Å². The van der Waals surface area contributed by atoms with Gasteiger partial charge in [-0.3, -0.25) is 20.4 Å². The molecule has 0 bridgehead atoms. The third-order valence-corrected chi connectivity index (χ3v) is 3.68. The fraction of sp³-hybridized carbons (Fsp3) is 0.333. The number of hydrazine groups is 1. The number of aryl methyl sites for hydroxylation is 2. The maximum Gasteiger partial charge on any atom is 0.276 e. The number of nitrogens with one attached hydrogen (secondary N) is 2. The molecule has 2 rings (SSSR count). The van der Waals surface area contributed by atoms with Crippen molar-refractivity contribution in [2.75, 3.05) is 6.61 Å². The smallest absolute Gasteiger partial charge is 0.276 e. The molecule has 0 radical (unpaired) electrons. The van der Waals surface area contributed by atoms with Crippen LogP contribution in [0.5, 0.6) is 5.75 Å². The number of carbonyl (C=O) groups excluding carboxylic acids is 2. The van der Waals surface area contributed by atoms with Crippen LogP contribution in [-0.4, -0.2) is 24.5 Å². The van der Waals surface area contributed by atoms with E-state index in [1.54, 1.807) is 12.1 Å². The molecule has 0 aromatic heterocycles. The van der Waals surface area contributed by atoms with Crippen LogP contribution in [0.3, 0.4) is 0 Å². The van der Waals surface area contributed by atoms with Gasteiger partial charge in [0.05, 0.1) is 12.7 Å². The maximum atomic E-state index is 12.1. The maximum absolute atomic E-state index is 12.1. The van der Waals surface area contributed by atoms with Crippen LogP contribution in [0, 0.1) is 13.8 Å². The monoisotopic (exact) mass is 370 g/mol. The van der Waals surface area contributed by atoms with Gasteiger partial charge in [-0.25, -0.2) is 0 Å². The number of rotatable bonds is 7. The molecule has 0 saturated carbocycles. The zero-order chi connectivity index (χ0) is 19.8. The van der Waals surface area contributed by atoms with E-state index >= 15 is 0 Å². The zero-order valence-corrected chi connectivity index (χ0v) is 16.2. The predicted molar refractivity (Wildman–Crippen MR) is 103 cm³/mol. The Balaban J connectivity index is 1.78. The minimum atomic E-state index is -0.440. The number of hydrogen-bond donors (Lipinski definition) is 2. The summed E-state index contributed by atoms with van der Waals surface area (Å²) >= 11 is 0. The molecule has 6 heteroatoms. The Morgan fingerprint density at radius 2 is 1.59 bits per heavy atom. The standard InChI is InChI=1S/C21H26N2O4/c1-14(2)26-12-17-5-7-18(8-6-17)21(25)23-22-20(24)13-27-19-10-15(3)9-16(4)11-19/h5-11,14H,12-13H2,1-4H3,(H,22,24)(H,23,25). The van der Waals surface area contributed by atoms with E-state index in [0.29, 0.717) is 17.9 Å². The minimum Gasteiger partial charge on any atom is -0.484 e. The lowest BCUT2D eigenvalue weighted by Crippen LogP contribution is -2.43. The van der Waals surface area contributed by atoms with Crippen LogP contribution in [-0.2, 0) is 16.1 Å². The van der Waals surface area contributed by atoms with Crippen LogP contribution in [0.15, 0.2) is 42.5 Å². The van der Waals surface area contributed by atoms with E-state index in [4.69, 9.17) is 9.47 Å². The van der Waals surface area contributed by atoms with Gasteiger partial charge in [-0.2, -0.15) is 0 Å². The fourth-order valence-corrected chi connectivity index (χ4v) is 2.42. The Kier molecular flexibility index (Phi) is 7.37. The molecule has 0 heterocycles. The first kappa shape index (κ1) is 20.5. The van der Waals surface area contributed by atoms with Crippen LogP contribution in [0.4, 0.5) is 0 Å². The molecule has 0 aliphatic rings. The van der Waals surface area contributed by atoms with Gasteiger partial charge >= 0.3 is 0 Å². The van der Waals surface area contributed by atoms with Crippen molar-refractivity contribution in [3.8, 4) is 5.75 Å². The lowest BCUT2D eigenvalue weighted by Gasteiger charge is -2.10. The first-order chi connectivity index (χ1) is 12.8. The van der Waals surface area contributed by atoms with Crippen molar-refractivity contribution in [2.45, 2.75) is 40.4 Å². The molecule has 2 N–H and O–H groups in total. The summed E-state index contributed by atoms with van der Waals surface area (Å²) in [6.07, 6.45) is 0.147. The summed E-state index contributed by atoms with van der Waals surface area (Å²) in [5.41, 5.74) is 8.26. The summed E-state index contributed by atoms with van der Waals surface area (Å²) in [7, 11) is 0. The number of benzene rings is 2. The molecular formula is C21H26N2O4. The van der Waals surface area contributed by atoms with Gasteiger partial charge in [0, 0.05) is 5.56 Å². The van der Waals surface area contributed by atoms with Gasteiger partial charge in [-0.1, -0.05) is 18.2 Å². The molecule has 144 valence electrons. The first-order valence-electron chi connectivity index (χ1n) is 8.84. The second-order valence-corrected chi connectivity index (χ2v) is 6.67. The van der Waals surface area contributed by atoms with Gasteiger partial charge in [0.2, 0.25) is 0 Å². The third kappa shape index (κ3) is 7.11. The highest BCUT2D eigenvalue weighted by Gasteiger charge is 2.08. The highest BCUT2D eigenvalue weighted by atomic mass is 16.5. The molecule has 0 aliphatic heterocycles. The summed E-state index contributed by atoms with van der Waals surface area (Å²) in [6.45, 7) is 8.16. The van der Waals surface area contributed by atoms with Crippen LogP contribution in [0.25, 0.3) is 0 Å². The van der Waals surface area contributed by atoms with Crippen LogP contribution in [0.2, 0.25) is 0 Å². The quantitative estimate of drug-likeness (QED) is 0.735. The molecule has 0 atom stereocenters. The van der Waals surface area contributed by atoms with E-state index in [2.05, 4.69) is 10.9 Å². The summed E-state index contributed by atoms with van der Waals surface area (Å²) in [5.74, 6) is -0.219. The Labute approximate surface area is 159 Å². The van der Waals surface area contributed by atoms with Gasteiger partial charge in [0.25, 0.3) is 11.8 Å². The molecule has 6 nitrogen and oxygen atoms in total. The van der Waals surface area contributed by atoms with Crippen molar-refractivity contribution in [2.24, 2.45) is 0 Å². The van der Waals surface area contributed by atoms with Crippen molar-refractivity contribution in [3.05, 3.63) is 64.7 Å². The van der Waals surface area contributed by atoms with E-state index in [-0.39, 0.29) is 12.7 Å². The highest BCUT2D eigenvalue weighted by Crippen LogP contribution is 2.15. The lowest BCUT2D eigenvalue weighted by molar-refractivity contribution is -0.123. The van der Waals surface area contributed by atoms with Gasteiger partial charge in [-0.05, 0) is 68.7 Å². The van der Waals surface area contributed by atoms with E-state index in [1.807, 2.05) is 58.0 Å². The Morgan fingerprint density at radius 3 is 2.19 bits per heavy atom. The lowest BCUT2D eigenvalue weighted by atomic mass is 10.1. The van der Waals surface area contributed by atoms with Crippen molar-refractivity contribution in [3.63, 3.8) is 0 Å². The predicted octanol–water partition coefficient (Wildman–Crippen LogP) is 3.07. The summed E-state index contributed by atoms with van der Waals surface area (Å²) in [5, 5.41) is 0. The SMILES string of the molecule is Cc1cc(C)cc(OCC(=O)NNC(=O)c2ccc(COC(C)C)cc2)c1. The van der Waals surface area contributed by atoms with Crippen LogP contribution >= 0.6 is 0 Å². The van der Waals surface area contributed by atoms with Crippen LogP contribution < -0.4 is 15.6 Å². The molecule has 0 spiro atoms. The number of amides is 2. The average Bonchev–Trinajstić information content (AvgIpc) is 2.62. The minimum absolute atomic E-state index is 0.147. The van der Waals surface area contributed by atoms with Crippen molar-refractivity contribution in [1.29, 1.82) is 0 Å². The molecule has 0 aliphatic carbocycles. The van der Waals surface area contributed by atoms with Crippen molar-refractivity contribution >= 4 is 11.8 Å². The van der Waals surface area contributed by atoms with E-state index in [1.165, 1.54) is 0 Å². The summed E-state index contributed by atoms with van der Waals surface area (Å²) < 4.78 is 11.0. The third-order valence-electron chi connectivity index (χ3n) is 3.68. The molecule has 2 aromatic rings. The molecule has 2 amide bonds. The highest BCUT2D eigenvalue weighted by molar-refractivity contribution is 5.95. The second-order valence-electron chi connectivity index (χ2n) is 6.67. The Morgan fingerprint density at radius 1 is 0.963 bits per heavy atom. The van der Waals surface area contributed by atoms with E-state index in [0.717, 1.165) is 16.7 Å². The average molecular weight is 370 g/mol. The van der Waals surface area contributed by atoms with Gasteiger partial charge in [0.15, 0.2) is 6.61 Å².